The third kappa shape index (κ3) is 3.13. The van der Waals surface area contributed by atoms with Gasteiger partial charge in [-0.2, -0.15) is 0 Å². The maximum absolute atomic E-state index is 11.5. The average molecular weight is 255 g/mol. The molecular weight excluding hydrogens is 238 g/mol. The smallest absolute Gasteiger partial charge is 0.252 e. The van der Waals surface area contributed by atoms with E-state index in [-0.39, 0.29) is 0 Å². The number of benzene rings is 2. The third-order valence-corrected chi connectivity index (χ3v) is 2.81. The van der Waals surface area contributed by atoms with Gasteiger partial charge in [-0.3, -0.25) is 4.79 Å². The fourth-order valence-corrected chi connectivity index (χ4v) is 1.87. The number of carbonyl (C=O) groups excluding carboxylic acids is 1. The second-order valence-electron chi connectivity index (χ2n) is 4.29. The van der Waals surface area contributed by atoms with Crippen LogP contribution < -0.4 is 10.5 Å². The second-order valence-corrected chi connectivity index (χ2v) is 4.29. The summed E-state index contributed by atoms with van der Waals surface area (Å²) in [6, 6.07) is 15.4. The van der Waals surface area contributed by atoms with Gasteiger partial charge in [0.15, 0.2) is 0 Å². The van der Waals surface area contributed by atoms with Crippen LogP contribution in [0.3, 0.4) is 0 Å². The average Bonchev–Trinajstić information content (AvgIpc) is 2.45. The minimum atomic E-state index is -0.469. The van der Waals surface area contributed by atoms with Gasteiger partial charge < -0.3 is 10.5 Å². The van der Waals surface area contributed by atoms with Crippen molar-refractivity contribution in [2.24, 2.45) is 5.73 Å². The van der Waals surface area contributed by atoms with Crippen LogP contribution in [0, 0.1) is 0 Å². The standard InChI is InChI=1S/C16H17NO2/c1-2-10-19-15-9-8-13(11-14(15)16(17)18)12-6-4-3-5-7-12/h3-9,11H,2,10H2,1H3,(H2,17,18). The summed E-state index contributed by atoms with van der Waals surface area (Å²) in [5.74, 6) is 0.0814. The predicted molar refractivity (Wildman–Crippen MR) is 76.2 cm³/mol. The Kier molecular flexibility index (Phi) is 4.18. The number of primary amides is 1. The third-order valence-electron chi connectivity index (χ3n) is 2.81. The van der Waals surface area contributed by atoms with Gasteiger partial charge in [-0.25, -0.2) is 0 Å². The summed E-state index contributed by atoms with van der Waals surface area (Å²) in [5, 5.41) is 0. The molecule has 0 unspecified atom stereocenters. The topological polar surface area (TPSA) is 52.3 Å². The lowest BCUT2D eigenvalue weighted by Crippen LogP contribution is -2.13. The Morgan fingerprint density at radius 2 is 1.84 bits per heavy atom. The summed E-state index contributed by atoms with van der Waals surface area (Å²) in [4.78, 5) is 11.5. The van der Waals surface area contributed by atoms with Crippen LogP contribution in [0.1, 0.15) is 23.7 Å². The highest BCUT2D eigenvalue weighted by Gasteiger charge is 2.11. The van der Waals surface area contributed by atoms with Crippen LogP contribution in [-0.2, 0) is 0 Å². The van der Waals surface area contributed by atoms with E-state index in [0.717, 1.165) is 17.5 Å². The SMILES string of the molecule is CCCOc1ccc(-c2ccccc2)cc1C(N)=O. The molecule has 0 atom stereocenters. The molecule has 0 aromatic heterocycles. The van der Waals surface area contributed by atoms with Gasteiger partial charge in [0.05, 0.1) is 12.2 Å². The zero-order chi connectivity index (χ0) is 13.7. The first kappa shape index (κ1) is 13.1. The lowest BCUT2D eigenvalue weighted by atomic mass is 10.0. The number of ether oxygens (including phenoxy) is 1. The van der Waals surface area contributed by atoms with Crippen LogP contribution in [0.5, 0.6) is 5.75 Å². The Morgan fingerprint density at radius 3 is 2.47 bits per heavy atom. The van der Waals surface area contributed by atoms with E-state index in [1.807, 2.05) is 43.3 Å². The number of nitrogens with two attached hydrogens (primary N) is 1. The molecule has 2 N–H and O–H groups in total. The fraction of sp³-hybridized carbons (Fsp3) is 0.188. The maximum atomic E-state index is 11.5. The molecular formula is C16H17NO2. The Balaban J connectivity index is 2.39. The van der Waals surface area contributed by atoms with E-state index in [1.165, 1.54) is 0 Å². The summed E-state index contributed by atoms with van der Waals surface area (Å²) in [7, 11) is 0. The van der Waals surface area contributed by atoms with Gasteiger partial charge in [-0.15, -0.1) is 0 Å². The van der Waals surface area contributed by atoms with Crippen molar-refractivity contribution in [1.29, 1.82) is 0 Å². The molecule has 3 heteroatoms. The van der Waals surface area contributed by atoms with E-state index in [2.05, 4.69) is 0 Å². The number of hydrogen-bond acceptors (Lipinski definition) is 2. The summed E-state index contributed by atoms with van der Waals surface area (Å²) in [6.45, 7) is 2.59. The first-order chi connectivity index (χ1) is 9.22. The van der Waals surface area contributed by atoms with Crippen LogP contribution in [0.2, 0.25) is 0 Å². The second kappa shape index (κ2) is 6.05. The molecule has 0 heterocycles. The maximum Gasteiger partial charge on any atom is 0.252 e. The minimum absolute atomic E-state index is 0.426. The van der Waals surface area contributed by atoms with Crippen LogP contribution >= 0.6 is 0 Å². The number of hydrogen-bond donors (Lipinski definition) is 1. The highest BCUT2D eigenvalue weighted by Crippen LogP contribution is 2.26. The minimum Gasteiger partial charge on any atom is -0.493 e. The molecule has 0 aliphatic rings. The Morgan fingerprint density at radius 1 is 1.11 bits per heavy atom. The number of rotatable bonds is 5. The lowest BCUT2D eigenvalue weighted by molar-refractivity contribution is 0.0996. The van der Waals surface area contributed by atoms with Gasteiger partial charge >= 0.3 is 0 Å². The van der Waals surface area contributed by atoms with Gasteiger partial charge in [0.1, 0.15) is 5.75 Å². The molecule has 0 aliphatic heterocycles. The Labute approximate surface area is 113 Å². The zero-order valence-corrected chi connectivity index (χ0v) is 10.9. The molecule has 2 aromatic rings. The molecule has 0 saturated heterocycles. The molecule has 3 nitrogen and oxygen atoms in total. The van der Waals surface area contributed by atoms with Crippen molar-refractivity contribution in [2.45, 2.75) is 13.3 Å². The van der Waals surface area contributed by atoms with Crippen LogP contribution in [0.15, 0.2) is 48.5 Å². The van der Waals surface area contributed by atoms with Gasteiger partial charge in [0.25, 0.3) is 5.91 Å². The van der Waals surface area contributed by atoms with E-state index in [9.17, 15) is 4.79 Å². The molecule has 98 valence electrons. The fourth-order valence-electron chi connectivity index (χ4n) is 1.87. The van der Waals surface area contributed by atoms with Crippen LogP contribution in [0.25, 0.3) is 11.1 Å². The first-order valence-electron chi connectivity index (χ1n) is 6.34. The van der Waals surface area contributed by atoms with E-state index in [1.54, 1.807) is 12.1 Å². The highest BCUT2D eigenvalue weighted by atomic mass is 16.5. The van der Waals surface area contributed by atoms with E-state index >= 15 is 0 Å². The molecule has 0 fully saturated rings. The normalized spacial score (nSPS) is 10.2. The largest absolute Gasteiger partial charge is 0.493 e. The molecule has 2 rings (SSSR count). The van der Waals surface area contributed by atoms with Crippen molar-refractivity contribution >= 4 is 5.91 Å². The van der Waals surface area contributed by atoms with Crippen LogP contribution in [0.4, 0.5) is 0 Å². The van der Waals surface area contributed by atoms with E-state index in [4.69, 9.17) is 10.5 Å². The molecule has 0 spiro atoms. The molecule has 1 amide bonds. The van der Waals surface area contributed by atoms with Gasteiger partial charge in [0, 0.05) is 0 Å². The zero-order valence-electron chi connectivity index (χ0n) is 10.9. The van der Waals surface area contributed by atoms with Crippen molar-refractivity contribution in [3.63, 3.8) is 0 Å². The van der Waals surface area contributed by atoms with Crippen molar-refractivity contribution < 1.29 is 9.53 Å². The number of carbonyl (C=O) groups is 1. The molecule has 0 radical (unpaired) electrons. The lowest BCUT2D eigenvalue weighted by Gasteiger charge is -2.10. The molecule has 0 aliphatic carbocycles. The number of amides is 1. The van der Waals surface area contributed by atoms with Gasteiger partial charge in [-0.05, 0) is 29.7 Å². The Hall–Kier alpha value is -2.29. The summed E-state index contributed by atoms with van der Waals surface area (Å²) in [6.07, 6.45) is 0.888. The first-order valence-corrected chi connectivity index (χ1v) is 6.34. The van der Waals surface area contributed by atoms with Gasteiger partial charge in [-0.1, -0.05) is 43.3 Å². The van der Waals surface area contributed by atoms with Crippen LogP contribution in [-0.4, -0.2) is 12.5 Å². The molecule has 2 aromatic carbocycles. The van der Waals surface area contributed by atoms with Crippen molar-refractivity contribution in [2.75, 3.05) is 6.61 Å². The monoisotopic (exact) mass is 255 g/mol. The molecule has 0 saturated carbocycles. The summed E-state index contributed by atoms with van der Waals surface area (Å²) in [5.41, 5.74) is 7.84. The summed E-state index contributed by atoms with van der Waals surface area (Å²) < 4.78 is 5.54. The molecule has 0 bridgehead atoms. The van der Waals surface area contributed by atoms with E-state index < -0.39 is 5.91 Å². The quantitative estimate of drug-likeness (QED) is 0.891. The van der Waals surface area contributed by atoms with Gasteiger partial charge in [0.2, 0.25) is 0 Å². The molecule has 19 heavy (non-hydrogen) atoms. The van der Waals surface area contributed by atoms with Crippen molar-refractivity contribution in [1.82, 2.24) is 0 Å². The Bertz CT molecular complexity index is 564. The van der Waals surface area contributed by atoms with Crippen molar-refractivity contribution in [3.05, 3.63) is 54.1 Å². The highest BCUT2D eigenvalue weighted by molar-refractivity contribution is 5.97. The summed E-state index contributed by atoms with van der Waals surface area (Å²) >= 11 is 0. The predicted octanol–water partition coefficient (Wildman–Crippen LogP) is 3.24. The van der Waals surface area contributed by atoms with E-state index in [0.29, 0.717) is 17.9 Å². The van der Waals surface area contributed by atoms with Crippen molar-refractivity contribution in [3.8, 4) is 16.9 Å².